The second-order valence-electron chi connectivity index (χ2n) is 16.6. The van der Waals surface area contributed by atoms with Gasteiger partial charge >= 0.3 is 12.2 Å². The van der Waals surface area contributed by atoms with Crippen molar-refractivity contribution in [3.05, 3.63) is 71.8 Å². The van der Waals surface area contributed by atoms with Crippen LogP contribution in [0, 0.1) is 24.7 Å². The number of aliphatic hydroxyl groups is 2. The zero-order chi connectivity index (χ0) is 42.3. The van der Waals surface area contributed by atoms with Crippen molar-refractivity contribution in [2.24, 2.45) is 17.8 Å². The van der Waals surface area contributed by atoms with Gasteiger partial charge in [-0.1, -0.05) is 58.0 Å². The lowest BCUT2D eigenvalue weighted by molar-refractivity contribution is -0.135. The Kier molecular flexibility index (Phi) is 11.8. The molecular weight excluding hydrogens is 755 g/mol. The smallest absolute Gasteiger partial charge is 0.407 e. The Labute approximate surface area is 342 Å². The van der Waals surface area contributed by atoms with Crippen LogP contribution in [-0.4, -0.2) is 104 Å². The molecule has 1 saturated heterocycles. The largest absolute Gasteiger partial charge is 0.453 e. The van der Waals surface area contributed by atoms with Gasteiger partial charge < -0.3 is 45.2 Å². The van der Waals surface area contributed by atoms with Crippen LogP contribution < -0.4 is 10.6 Å². The normalized spacial score (nSPS) is 21.6. The third kappa shape index (κ3) is 8.39. The number of β-amino-alcohol motifs (C(OH)–C–C–N with tert-alkyl or cyclic N) is 1. The van der Waals surface area contributed by atoms with Gasteiger partial charge in [-0.15, -0.1) is 0 Å². The third-order valence-electron chi connectivity index (χ3n) is 11.8. The molecule has 7 rings (SSSR count). The second kappa shape index (κ2) is 16.8. The minimum Gasteiger partial charge on any atom is -0.453 e. The van der Waals surface area contributed by atoms with Gasteiger partial charge in [0.15, 0.2) is 5.78 Å². The number of aromatic nitrogens is 4. The van der Waals surface area contributed by atoms with E-state index in [0.717, 1.165) is 49.9 Å². The molecule has 0 bridgehead atoms. The molecule has 15 nitrogen and oxygen atoms in total. The number of ketones is 1. The van der Waals surface area contributed by atoms with E-state index in [4.69, 9.17) is 19.4 Å². The summed E-state index contributed by atoms with van der Waals surface area (Å²) < 4.78 is 9.51. The number of methoxy groups -OCH3 is 2. The average Bonchev–Trinajstić information content (AvgIpc) is 4.01. The number of carbonyl (C=O) groups is 4. The molecule has 2 aliphatic rings. The Morgan fingerprint density at radius 2 is 1.29 bits per heavy atom. The van der Waals surface area contributed by atoms with E-state index in [-0.39, 0.29) is 36.0 Å². The Bertz CT molecular complexity index is 2390. The summed E-state index contributed by atoms with van der Waals surface area (Å²) in [6.07, 6.45) is -1.77. The minimum atomic E-state index is -0.824. The number of hydrogen-bond donors (Lipinski definition) is 6. The van der Waals surface area contributed by atoms with Crippen LogP contribution in [0.25, 0.3) is 44.3 Å². The summed E-state index contributed by atoms with van der Waals surface area (Å²) in [6, 6.07) is 16.2. The standard InChI is InChI=1S/C44H53N7O8/c1-21(2)37(49-43(56)58-6)39(54)30-17-27(52)18-31(30)40-45-32-12-9-25(15-34(32)47-40)24-8-11-29(23(5)14-24)26-10-13-33-35(16-26)48-41(46-33)36-19-28(53)20-51(36)42(55)38(22(3)4)50-44(57)59-7/h8-16,21-22,27-28,30-31,36-38,52-53H,17-20H2,1-7H3,(H,45,47)(H,46,48)(H,49,56)(H,50,57)/t27-,28+,30?,31-,36+,37+,38+/m1/s1. The summed E-state index contributed by atoms with van der Waals surface area (Å²) in [5.41, 5.74) is 8.16. The van der Waals surface area contributed by atoms with Gasteiger partial charge in [-0.2, -0.15) is 0 Å². The summed E-state index contributed by atoms with van der Waals surface area (Å²) in [4.78, 5) is 69.6. The van der Waals surface area contributed by atoms with E-state index in [0.29, 0.717) is 30.9 Å². The number of benzene rings is 3. The van der Waals surface area contributed by atoms with Crippen LogP contribution in [0.1, 0.15) is 76.1 Å². The highest BCUT2D eigenvalue weighted by atomic mass is 16.5. The van der Waals surface area contributed by atoms with Crippen LogP contribution in [0.15, 0.2) is 54.6 Å². The van der Waals surface area contributed by atoms with Crippen LogP contribution in [0.2, 0.25) is 0 Å². The molecule has 2 aromatic heterocycles. The van der Waals surface area contributed by atoms with Gasteiger partial charge in [-0.05, 0) is 83.7 Å². The lowest BCUT2D eigenvalue weighted by atomic mass is 9.84. The van der Waals surface area contributed by atoms with Gasteiger partial charge in [0.1, 0.15) is 17.7 Å². The van der Waals surface area contributed by atoms with Gasteiger partial charge in [-0.25, -0.2) is 19.6 Å². The molecule has 59 heavy (non-hydrogen) atoms. The number of aliphatic hydroxyl groups excluding tert-OH is 2. The number of nitrogens with one attached hydrogen (secondary N) is 4. The molecule has 7 atom stereocenters. The number of hydrogen-bond acceptors (Lipinski definition) is 10. The fourth-order valence-electron chi connectivity index (χ4n) is 8.71. The van der Waals surface area contributed by atoms with Gasteiger partial charge in [0.2, 0.25) is 5.91 Å². The van der Waals surface area contributed by atoms with Crippen molar-refractivity contribution < 1.29 is 38.9 Å². The Hall–Kier alpha value is -5.80. The molecule has 3 amide bonds. The first-order valence-corrected chi connectivity index (χ1v) is 20.2. The predicted octanol–water partition coefficient (Wildman–Crippen LogP) is 5.90. The van der Waals surface area contributed by atoms with Crippen molar-refractivity contribution in [3.63, 3.8) is 0 Å². The fraction of sp³-hybridized carbons (Fsp3) is 0.455. The SMILES string of the molecule is COC(=O)N[C@H](C(=O)C1C[C@@H](O)C[C@H]1c1nc2ccc(-c3ccc(-c4ccc5nc([C@@H]6C[C@H](O)CN6C(=O)[C@@H](NC(=O)OC)C(C)C)[nH]c5c4)c(C)c3)cc2[nH]1)C(C)C. The Balaban J connectivity index is 1.10. The predicted molar refractivity (Wildman–Crippen MR) is 221 cm³/mol. The Morgan fingerprint density at radius 1 is 0.729 bits per heavy atom. The summed E-state index contributed by atoms with van der Waals surface area (Å²) in [7, 11) is 2.51. The van der Waals surface area contributed by atoms with Gasteiger partial charge in [0, 0.05) is 24.8 Å². The summed E-state index contributed by atoms with van der Waals surface area (Å²) in [6.45, 7) is 9.60. The number of likely N-dealkylation sites (tertiary alicyclic amines) is 1. The summed E-state index contributed by atoms with van der Waals surface area (Å²) in [5, 5.41) is 26.6. The highest BCUT2D eigenvalue weighted by molar-refractivity contribution is 5.91. The van der Waals surface area contributed by atoms with Gasteiger partial charge in [0.05, 0.1) is 60.6 Å². The van der Waals surface area contributed by atoms with Crippen LogP contribution in [0.3, 0.4) is 0 Å². The molecule has 3 aromatic carbocycles. The van der Waals surface area contributed by atoms with Crippen LogP contribution >= 0.6 is 0 Å². The Morgan fingerprint density at radius 3 is 1.92 bits per heavy atom. The topological polar surface area (TPSA) is 212 Å². The zero-order valence-corrected chi connectivity index (χ0v) is 34.4. The van der Waals surface area contributed by atoms with E-state index in [1.807, 2.05) is 64.1 Å². The van der Waals surface area contributed by atoms with Crippen molar-refractivity contribution in [1.82, 2.24) is 35.5 Å². The highest BCUT2D eigenvalue weighted by Crippen LogP contribution is 2.42. The first kappa shape index (κ1) is 41.4. The van der Waals surface area contributed by atoms with E-state index in [9.17, 15) is 29.4 Å². The number of imidazole rings is 2. The van der Waals surface area contributed by atoms with Crippen molar-refractivity contribution in [3.8, 4) is 22.3 Å². The number of nitrogens with zero attached hydrogens (tertiary/aromatic N) is 3. The van der Waals surface area contributed by atoms with E-state index in [1.165, 1.54) is 14.2 Å². The molecule has 0 radical (unpaired) electrons. The molecule has 0 spiro atoms. The number of aryl methyl sites for hydroxylation is 1. The molecule has 312 valence electrons. The first-order chi connectivity index (χ1) is 28.1. The highest BCUT2D eigenvalue weighted by Gasteiger charge is 2.44. The van der Waals surface area contributed by atoms with E-state index >= 15 is 0 Å². The number of carbonyl (C=O) groups excluding carboxylic acids is 4. The number of rotatable bonds is 11. The molecule has 1 aliphatic heterocycles. The monoisotopic (exact) mass is 807 g/mol. The number of Topliss-reactive ketones (excluding diaryl/α,β-unsaturated/α-hetero) is 1. The maximum absolute atomic E-state index is 13.8. The summed E-state index contributed by atoms with van der Waals surface area (Å²) >= 11 is 0. The molecule has 6 N–H and O–H groups in total. The maximum Gasteiger partial charge on any atom is 0.407 e. The molecule has 1 saturated carbocycles. The van der Waals surface area contributed by atoms with Gasteiger partial charge in [-0.3, -0.25) is 9.59 Å². The van der Waals surface area contributed by atoms with Crippen molar-refractivity contribution in [2.75, 3.05) is 20.8 Å². The lowest BCUT2D eigenvalue weighted by Gasteiger charge is -2.29. The van der Waals surface area contributed by atoms with E-state index < -0.39 is 48.4 Å². The number of fused-ring (bicyclic) bond motifs is 2. The first-order valence-electron chi connectivity index (χ1n) is 20.2. The van der Waals surface area contributed by atoms with Crippen molar-refractivity contribution in [1.29, 1.82) is 0 Å². The molecule has 1 aliphatic carbocycles. The number of ether oxygens (including phenoxy) is 2. The maximum atomic E-state index is 13.8. The quantitative estimate of drug-likeness (QED) is 0.0930. The zero-order valence-electron chi connectivity index (χ0n) is 34.4. The number of amides is 3. The lowest BCUT2D eigenvalue weighted by Crippen LogP contribution is -2.51. The second-order valence-corrected chi connectivity index (χ2v) is 16.6. The van der Waals surface area contributed by atoms with Crippen molar-refractivity contribution >= 4 is 45.9 Å². The average molecular weight is 808 g/mol. The number of aromatic amines is 2. The summed E-state index contributed by atoms with van der Waals surface area (Å²) in [5.74, 6) is -0.487. The van der Waals surface area contributed by atoms with Gasteiger partial charge in [0.25, 0.3) is 0 Å². The molecule has 1 unspecified atom stereocenters. The fourth-order valence-corrected chi connectivity index (χ4v) is 8.71. The molecule has 2 fully saturated rings. The number of H-pyrrole nitrogens is 2. The number of alkyl carbamates (subject to hydrolysis) is 2. The third-order valence-corrected chi connectivity index (χ3v) is 11.8. The molecule has 15 heteroatoms. The molecule has 3 heterocycles. The van der Waals surface area contributed by atoms with Crippen LogP contribution in [-0.2, 0) is 19.1 Å². The minimum absolute atomic E-state index is 0.125. The van der Waals surface area contributed by atoms with Crippen LogP contribution in [0.4, 0.5) is 9.59 Å². The van der Waals surface area contributed by atoms with Crippen LogP contribution in [0.5, 0.6) is 0 Å². The molecule has 5 aromatic rings. The van der Waals surface area contributed by atoms with E-state index in [2.05, 4.69) is 45.7 Å². The van der Waals surface area contributed by atoms with E-state index in [1.54, 1.807) is 4.90 Å². The molecular formula is C44H53N7O8. The van der Waals surface area contributed by atoms with Crippen molar-refractivity contribution in [2.45, 2.75) is 90.1 Å².